The highest BCUT2D eigenvalue weighted by atomic mass is 19.1. The van der Waals surface area contributed by atoms with Gasteiger partial charge in [-0.15, -0.1) is 10.2 Å². The van der Waals surface area contributed by atoms with Gasteiger partial charge in [0.25, 0.3) is 0 Å². The van der Waals surface area contributed by atoms with Gasteiger partial charge in [-0.1, -0.05) is 17.3 Å². The maximum atomic E-state index is 12.8. The molecule has 5 nitrogen and oxygen atoms in total. The molecule has 0 aliphatic carbocycles. The molecule has 2 aromatic rings. The first-order valence-corrected chi connectivity index (χ1v) is 5.89. The molecular formula is C12H16FN5. The molecule has 2 unspecified atom stereocenters. The lowest BCUT2D eigenvalue weighted by Gasteiger charge is -2.17. The predicted molar refractivity (Wildman–Crippen MR) is 65.3 cm³/mol. The lowest BCUT2D eigenvalue weighted by Crippen LogP contribution is -2.31. The second kappa shape index (κ2) is 5.68. The lowest BCUT2D eigenvalue weighted by molar-refractivity contribution is 0.461. The van der Waals surface area contributed by atoms with Gasteiger partial charge in [-0.25, -0.2) is 4.39 Å². The molecule has 0 saturated heterocycles. The van der Waals surface area contributed by atoms with Crippen LogP contribution >= 0.6 is 0 Å². The van der Waals surface area contributed by atoms with Crippen molar-refractivity contribution >= 4 is 0 Å². The standard InChI is InChI=1S/C12H16FN5/c1-8(7-10-3-5-11(13)6-4-10)14-9(2)12-15-17-18-16-12/h3-6,8-9,14H,7H2,1-2H3,(H,15,16,17,18). The molecule has 96 valence electrons. The van der Waals surface area contributed by atoms with Gasteiger partial charge in [0.05, 0.1) is 6.04 Å². The van der Waals surface area contributed by atoms with Gasteiger partial charge in [-0.3, -0.25) is 0 Å². The average molecular weight is 249 g/mol. The van der Waals surface area contributed by atoms with E-state index >= 15 is 0 Å². The number of aromatic nitrogens is 4. The average Bonchev–Trinajstić information content (AvgIpc) is 2.85. The van der Waals surface area contributed by atoms with Crippen molar-refractivity contribution in [3.05, 3.63) is 41.5 Å². The molecule has 0 fully saturated rings. The number of halogens is 1. The van der Waals surface area contributed by atoms with Gasteiger partial charge in [0.15, 0.2) is 5.82 Å². The number of aromatic amines is 1. The highest BCUT2D eigenvalue weighted by Crippen LogP contribution is 2.09. The van der Waals surface area contributed by atoms with Crippen molar-refractivity contribution in [2.75, 3.05) is 0 Å². The molecule has 0 spiro atoms. The Kier molecular flexibility index (Phi) is 3.99. The number of rotatable bonds is 5. The van der Waals surface area contributed by atoms with E-state index in [1.54, 1.807) is 12.1 Å². The topological polar surface area (TPSA) is 66.5 Å². The lowest BCUT2D eigenvalue weighted by atomic mass is 10.1. The van der Waals surface area contributed by atoms with Gasteiger partial charge in [-0.2, -0.15) is 5.21 Å². The van der Waals surface area contributed by atoms with Crippen molar-refractivity contribution in [1.82, 2.24) is 25.9 Å². The molecule has 0 radical (unpaired) electrons. The third-order valence-electron chi connectivity index (χ3n) is 2.74. The predicted octanol–water partition coefficient (Wildman–Crippen LogP) is 1.62. The van der Waals surface area contributed by atoms with Crippen LogP contribution < -0.4 is 5.32 Å². The number of benzene rings is 1. The largest absolute Gasteiger partial charge is 0.305 e. The van der Waals surface area contributed by atoms with Crippen molar-refractivity contribution in [2.24, 2.45) is 0 Å². The molecule has 0 saturated carbocycles. The van der Waals surface area contributed by atoms with Gasteiger partial charge in [0.1, 0.15) is 5.82 Å². The molecule has 0 aliphatic heterocycles. The van der Waals surface area contributed by atoms with Crippen LogP contribution in [0.1, 0.15) is 31.3 Å². The minimum absolute atomic E-state index is 0.0270. The van der Waals surface area contributed by atoms with Crippen LogP contribution in [0.15, 0.2) is 24.3 Å². The fourth-order valence-corrected chi connectivity index (χ4v) is 1.89. The summed E-state index contributed by atoms with van der Waals surface area (Å²) >= 11 is 0. The van der Waals surface area contributed by atoms with Crippen LogP contribution in [-0.4, -0.2) is 26.7 Å². The van der Waals surface area contributed by atoms with E-state index in [1.807, 2.05) is 6.92 Å². The van der Waals surface area contributed by atoms with E-state index in [-0.39, 0.29) is 17.9 Å². The quantitative estimate of drug-likeness (QED) is 0.845. The summed E-state index contributed by atoms with van der Waals surface area (Å²) in [7, 11) is 0. The van der Waals surface area contributed by atoms with Crippen molar-refractivity contribution < 1.29 is 4.39 Å². The Morgan fingerprint density at radius 3 is 2.61 bits per heavy atom. The highest BCUT2D eigenvalue weighted by Gasteiger charge is 2.13. The Bertz CT molecular complexity index is 468. The zero-order valence-corrected chi connectivity index (χ0v) is 10.4. The smallest absolute Gasteiger partial charge is 0.191 e. The molecular weight excluding hydrogens is 233 g/mol. The molecule has 1 aromatic carbocycles. The summed E-state index contributed by atoms with van der Waals surface area (Å²) in [6.45, 7) is 4.05. The Labute approximate surface area is 105 Å². The van der Waals surface area contributed by atoms with E-state index < -0.39 is 0 Å². The van der Waals surface area contributed by atoms with Crippen LogP contribution in [0, 0.1) is 5.82 Å². The van der Waals surface area contributed by atoms with Crippen molar-refractivity contribution in [3.8, 4) is 0 Å². The fraction of sp³-hybridized carbons (Fsp3) is 0.417. The van der Waals surface area contributed by atoms with Crippen LogP contribution in [0.3, 0.4) is 0 Å². The van der Waals surface area contributed by atoms with E-state index in [1.165, 1.54) is 12.1 Å². The molecule has 0 amide bonds. The Balaban J connectivity index is 1.88. The third-order valence-corrected chi connectivity index (χ3v) is 2.74. The monoisotopic (exact) mass is 249 g/mol. The summed E-state index contributed by atoms with van der Waals surface area (Å²) in [5.74, 6) is 0.431. The van der Waals surface area contributed by atoms with Crippen LogP contribution in [-0.2, 0) is 6.42 Å². The van der Waals surface area contributed by atoms with Gasteiger partial charge < -0.3 is 5.32 Å². The molecule has 2 N–H and O–H groups in total. The second-order valence-electron chi connectivity index (χ2n) is 4.39. The number of tetrazole rings is 1. The zero-order valence-electron chi connectivity index (χ0n) is 10.4. The van der Waals surface area contributed by atoms with Crippen LogP contribution in [0.25, 0.3) is 0 Å². The maximum Gasteiger partial charge on any atom is 0.191 e. The number of hydrogen-bond acceptors (Lipinski definition) is 4. The van der Waals surface area contributed by atoms with Gasteiger partial charge in [0, 0.05) is 6.04 Å². The summed E-state index contributed by atoms with van der Waals surface area (Å²) in [5.41, 5.74) is 1.09. The molecule has 6 heteroatoms. The second-order valence-corrected chi connectivity index (χ2v) is 4.39. The van der Waals surface area contributed by atoms with Crippen molar-refractivity contribution in [2.45, 2.75) is 32.4 Å². The Hall–Kier alpha value is -1.82. The minimum atomic E-state index is -0.209. The van der Waals surface area contributed by atoms with Gasteiger partial charge >= 0.3 is 0 Å². The van der Waals surface area contributed by atoms with Crippen LogP contribution in [0.2, 0.25) is 0 Å². The van der Waals surface area contributed by atoms with Gasteiger partial charge in [0.2, 0.25) is 0 Å². The Morgan fingerprint density at radius 2 is 2.00 bits per heavy atom. The van der Waals surface area contributed by atoms with E-state index in [4.69, 9.17) is 0 Å². The summed E-state index contributed by atoms with van der Waals surface area (Å²) in [4.78, 5) is 0. The SMILES string of the molecule is CC(Cc1ccc(F)cc1)NC(C)c1nn[nH]n1. The molecule has 18 heavy (non-hydrogen) atoms. The molecule has 1 aromatic heterocycles. The number of hydrogen-bond donors (Lipinski definition) is 2. The molecule has 0 aliphatic rings. The first-order chi connectivity index (χ1) is 8.65. The van der Waals surface area contributed by atoms with Crippen LogP contribution in [0.4, 0.5) is 4.39 Å². The van der Waals surface area contributed by atoms with Gasteiger partial charge in [-0.05, 0) is 38.0 Å². The van der Waals surface area contributed by atoms with E-state index in [9.17, 15) is 4.39 Å². The molecule has 2 atom stereocenters. The van der Waals surface area contributed by atoms with Crippen molar-refractivity contribution in [1.29, 1.82) is 0 Å². The summed E-state index contributed by atoms with van der Waals surface area (Å²) < 4.78 is 12.8. The first-order valence-electron chi connectivity index (χ1n) is 5.89. The molecule has 0 bridgehead atoms. The zero-order chi connectivity index (χ0) is 13.0. The van der Waals surface area contributed by atoms with E-state index in [0.29, 0.717) is 5.82 Å². The van der Waals surface area contributed by atoms with Crippen molar-refractivity contribution in [3.63, 3.8) is 0 Å². The summed E-state index contributed by atoms with van der Waals surface area (Å²) in [6.07, 6.45) is 0.822. The molecule has 1 heterocycles. The third kappa shape index (κ3) is 3.33. The fourth-order valence-electron chi connectivity index (χ4n) is 1.89. The Morgan fingerprint density at radius 1 is 1.28 bits per heavy atom. The summed E-state index contributed by atoms with van der Waals surface area (Å²) in [5, 5.41) is 17.2. The van der Waals surface area contributed by atoms with Crippen LogP contribution in [0.5, 0.6) is 0 Å². The summed E-state index contributed by atoms with van der Waals surface area (Å²) in [6, 6.07) is 6.82. The number of H-pyrrole nitrogens is 1. The number of nitrogens with zero attached hydrogens (tertiary/aromatic N) is 3. The normalized spacial score (nSPS) is 14.4. The maximum absolute atomic E-state index is 12.8. The minimum Gasteiger partial charge on any atom is -0.305 e. The van der Waals surface area contributed by atoms with E-state index in [2.05, 4.69) is 32.9 Å². The first kappa shape index (κ1) is 12.6. The molecule has 2 rings (SSSR count). The number of nitrogens with one attached hydrogen (secondary N) is 2. The highest BCUT2D eigenvalue weighted by molar-refractivity contribution is 5.17. The van der Waals surface area contributed by atoms with E-state index in [0.717, 1.165) is 12.0 Å².